The summed E-state index contributed by atoms with van der Waals surface area (Å²) in [5.41, 5.74) is 4.09. The maximum absolute atomic E-state index is 3.31. The molecule has 14 heavy (non-hydrogen) atoms. The van der Waals surface area contributed by atoms with Crippen molar-refractivity contribution in [1.82, 2.24) is 5.32 Å². The normalized spacial score (nSPS) is 9.36. The van der Waals surface area contributed by atoms with Crippen LogP contribution >= 0.6 is 0 Å². The summed E-state index contributed by atoms with van der Waals surface area (Å²) in [5.74, 6) is 5.87. The average Bonchev–Trinajstić information content (AvgIpc) is 2.16. The molecule has 1 nitrogen and oxygen atoms in total. The minimum Gasteiger partial charge on any atom is -0.302 e. The molecule has 0 unspecified atom stereocenters. The van der Waals surface area contributed by atoms with Gasteiger partial charge in [0.1, 0.15) is 0 Å². The molecule has 0 bridgehead atoms. The predicted octanol–water partition coefficient (Wildman–Crippen LogP) is 2.42. The van der Waals surface area contributed by atoms with Gasteiger partial charge in [0.25, 0.3) is 0 Å². The van der Waals surface area contributed by atoms with Gasteiger partial charge in [-0.1, -0.05) is 24.1 Å². The van der Waals surface area contributed by atoms with Crippen molar-refractivity contribution in [3.05, 3.63) is 34.9 Å². The Morgan fingerprint density at radius 2 is 1.86 bits per heavy atom. The number of aryl methyl sites for hydroxylation is 2. The fourth-order valence-electron chi connectivity index (χ4n) is 1.47. The molecule has 1 heteroatoms. The maximum atomic E-state index is 3.31. The first kappa shape index (κ1) is 10.8. The summed E-state index contributed by atoms with van der Waals surface area (Å²) in [7, 11) is 0. The Kier molecular flexibility index (Phi) is 4.22. The summed E-state index contributed by atoms with van der Waals surface area (Å²) >= 11 is 0. The van der Waals surface area contributed by atoms with Crippen LogP contribution in [0.3, 0.4) is 0 Å². The fraction of sp³-hybridized carbons (Fsp3) is 0.385. The molecule has 1 N–H and O–H groups in total. The molecule has 0 amide bonds. The highest BCUT2D eigenvalue weighted by Crippen LogP contribution is 2.12. The lowest BCUT2D eigenvalue weighted by Gasteiger charge is -2.09. The van der Waals surface area contributed by atoms with Gasteiger partial charge in [-0.05, 0) is 37.5 Å². The lowest BCUT2D eigenvalue weighted by Crippen LogP contribution is -2.14. The Morgan fingerprint density at radius 1 is 1.21 bits per heavy atom. The first-order valence-electron chi connectivity index (χ1n) is 4.91. The smallest absolute Gasteiger partial charge is 0.0579 e. The van der Waals surface area contributed by atoms with E-state index in [4.69, 9.17) is 0 Å². The lowest BCUT2D eigenvalue weighted by molar-refractivity contribution is 0.761. The Labute approximate surface area is 86.5 Å². The zero-order chi connectivity index (χ0) is 10.4. The summed E-state index contributed by atoms with van der Waals surface area (Å²) in [5, 5.41) is 3.31. The van der Waals surface area contributed by atoms with Gasteiger partial charge < -0.3 is 5.32 Å². The highest BCUT2D eigenvalue weighted by atomic mass is 14.8. The standard InChI is InChI=1S/C13H17N/c1-4-5-9-14-10-13-11(2)7-6-8-12(13)3/h6-8,14H,9-10H2,1-3H3. The van der Waals surface area contributed by atoms with Crippen LogP contribution in [-0.2, 0) is 6.54 Å². The van der Waals surface area contributed by atoms with Crippen LogP contribution in [0.5, 0.6) is 0 Å². The van der Waals surface area contributed by atoms with Crippen molar-refractivity contribution in [3.8, 4) is 11.8 Å². The van der Waals surface area contributed by atoms with E-state index in [2.05, 4.69) is 49.2 Å². The van der Waals surface area contributed by atoms with Gasteiger partial charge in [0.2, 0.25) is 0 Å². The van der Waals surface area contributed by atoms with E-state index in [1.165, 1.54) is 16.7 Å². The summed E-state index contributed by atoms with van der Waals surface area (Å²) in [6.07, 6.45) is 0. The lowest BCUT2D eigenvalue weighted by atomic mass is 10.0. The van der Waals surface area contributed by atoms with Crippen LogP contribution in [0.4, 0.5) is 0 Å². The molecule has 0 saturated carbocycles. The van der Waals surface area contributed by atoms with E-state index in [-0.39, 0.29) is 0 Å². The Bertz CT molecular complexity index is 335. The van der Waals surface area contributed by atoms with E-state index in [1.807, 2.05) is 6.92 Å². The first-order chi connectivity index (χ1) is 6.75. The van der Waals surface area contributed by atoms with Crippen molar-refractivity contribution in [2.45, 2.75) is 27.3 Å². The minimum absolute atomic E-state index is 0.768. The van der Waals surface area contributed by atoms with Crippen molar-refractivity contribution < 1.29 is 0 Å². The van der Waals surface area contributed by atoms with Crippen molar-refractivity contribution in [1.29, 1.82) is 0 Å². The van der Waals surface area contributed by atoms with E-state index in [9.17, 15) is 0 Å². The van der Waals surface area contributed by atoms with Crippen LogP contribution in [0.15, 0.2) is 18.2 Å². The average molecular weight is 187 g/mol. The second-order valence-corrected chi connectivity index (χ2v) is 3.40. The van der Waals surface area contributed by atoms with Gasteiger partial charge >= 0.3 is 0 Å². The molecule has 0 aliphatic carbocycles. The number of hydrogen-bond donors (Lipinski definition) is 1. The summed E-state index contributed by atoms with van der Waals surface area (Å²) in [4.78, 5) is 0. The van der Waals surface area contributed by atoms with Crippen LogP contribution < -0.4 is 5.32 Å². The van der Waals surface area contributed by atoms with Gasteiger partial charge in [-0.3, -0.25) is 0 Å². The fourth-order valence-corrected chi connectivity index (χ4v) is 1.47. The zero-order valence-electron chi connectivity index (χ0n) is 9.15. The molecule has 0 radical (unpaired) electrons. The third-order valence-electron chi connectivity index (χ3n) is 2.34. The SMILES string of the molecule is CC#CCNCc1c(C)cccc1C. The van der Waals surface area contributed by atoms with Crippen molar-refractivity contribution >= 4 is 0 Å². The van der Waals surface area contributed by atoms with Crippen molar-refractivity contribution in [2.24, 2.45) is 0 Å². The Hall–Kier alpha value is -1.26. The summed E-state index contributed by atoms with van der Waals surface area (Å²) in [6.45, 7) is 7.84. The Morgan fingerprint density at radius 3 is 2.43 bits per heavy atom. The van der Waals surface area contributed by atoms with Gasteiger partial charge in [-0.15, -0.1) is 5.92 Å². The van der Waals surface area contributed by atoms with Gasteiger partial charge in [-0.2, -0.15) is 0 Å². The molecule has 0 aliphatic heterocycles. The highest BCUT2D eigenvalue weighted by molar-refractivity contribution is 5.33. The van der Waals surface area contributed by atoms with E-state index in [0.717, 1.165) is 13.1 Å². The van der Waals surface area contributed by atoms with Crippen LogP contribution in [0.2, 0.25) is 0 Å². The molecular weight excluding hydrogens is 170 g/mol. The quantitative estimate of drug-likeness (QED) is 0.566. The Balaban J connectivity index is 2.60. The molecule has 0 heterocycles. The molecule has 0 spiro atoms. The molecule has 0 saturated heterocycles. The largest absolute Gasteiger partial charge is 0.302 e. The number of benzene rings is 1. The van der Waals surface area contributed by atoms with E-state index < -0.39 is 0 Å². The van der Waals surface area contributed by atoms with Crippen LogP contribution in [-0.4, -0.2) is 6.54 Å². The number of hydrogen-bond acceptors (Lipinski definition) is 1. The van der Waals surface area contributed by atoms with Gasteiger partial charge in [0.15, 0.2) is 0 Å². The van der Waals surface area contributed by atoms with Crippen molar-refractivity contribution in [3.63, 3.8) is 0 Å². The van der Waals surface area contributed by atoms with Crippen LogP contribution in [0.25, 0.3) is 0 Å². The van der Waals surface area contributed by atoms with Crippen LogP contribution in [0, 0.1) is 25.7 Å². The number of rotatable bonds is 3. The van der Waals surface area contributed by atoms with Crippen LogP contribution in [0.1, 0.15) is 23.6 Å². The van der Waals surface area contributed by atoms with Gasteiger partial charge in [-0.25, -0.2) is 0 Å². The number of nitrogens with one attached hydrogen (secondary N) is 1. The first-order valence-corrected chi connectivity index (χ1v) is 4.91. The van der Waals surface area contributed by atoms with E-state index in [0.29, 0.717) is 0 Å². The third kappa shape index (κ3) is 2.90. The molecule has 1 rings (SSSR count). The molecular formula is C13H17N. The molecule has 1 aromatic rings. The monoisotopic (exact) mass is 187 g/mol. The van der Waals surface area contributed by atoms with Crippen molar-refractivity contribution in [2.75, 3.05) is 6.54 Å². The van der Waals surface area contributed by atoms with E-state index in [1.54, 1.807) is 0 Å². The second-order valence-electron chi connectivity index (χ2n) is 3.40. The van der Waals surface area contributed by atoms with Gasteiger partial charge in [0.05, 0.1) is 6.54 Å². The third-order valence-corrected chi connectivity index (χ3v) is 2.34. The second kappa shape index (κ2) is 5.47. The minimum atomic E-state index is 0.768. The molecule has 0 atom stereocenters. The molecule has 74 valence electrons. The molecule has 1 aromatic carbocycles. The summed E-state index contributed by atoms with van der Waals surface area (Å²) < 4.78 is 0. The predicted molar refractivity (Wildman–Crippen MR) is 61.1 cm³/mol. The van der Waals surface area contributed by atoms with Gasteiger partial charge in [0, 0.05) is 6.54 Å². The zero-order valence-corrected chi connectivity index (χ0v) is 9.15. The molecule has 0 fully saturated rings. The maximum Gasteiger partial charge on any atom is 0.0579 e. The molecule has 0 aromatic heterocycles. The topological polar surface area (TPSA) is 12.0 Å². The summed E-state index contributed by atoms with van der Waals surface area (Å²) in [6, 6.07) is 6.39. The highest BCUT2D eigenvalue weighted by Gasteiger charge is 1.99. The molecule has 0 aliphatic rings. The van der Waals surface area contributed by atoms with E-state index >= 15 is 0 Å².